The van der Waals surface area contributed by atoms with E-state index >= 15 is 0 Å². The van der Waals surface area contributed by atoms with Crippen LogP contribution in [0.3, 0.4) is 0 Å². The summed E-state index contributed by atoms with van der Waals surface area (Å²) in [5, 5.41) is 0. The fraction of sp³-hybridized carbons (Fsp3) is 1.00. The smallest absolute Gasteiger partial charge is 0.0328 e. The van der Waals surface area contributed by atoms with Crippen LogP contribution in [0, 0.1) is 46.8 Å². The molecule has 0 aliphatic heterocycles. The third-order valence-electron chi connectivity index (χ3n) is 8.74. The van der Waals surface area contributed by atoms with Gasteiger partial charge in [0.05, 0.1) is 0 Å². The van der Waals surface area contributed by atoms with Crippen molar-refractivity contribution in [1.82, 2.24) is 0 Å². The Hall–Kier alpha value is 0. The first kappa shape index (κ1) is 29.0. The van der Waals surface area contributed by atoms with E-state index in [2.05, 4.69) is 76.2 Å². The van der Waals surface area contributed by atoms with E-state index in [-0.39, 0.29) is 0 Å². The highest BCUT2D eigenvalue weighted by Gasteiger charge is 2.26. The van der Waals surface area contributed by atoms with Gasteiger partial charge in [-0.15, -0.1) is 0 Å². The SMILES string of the molecule is CCC(C)C(C)C(C)CCC(C)CCCC(C)CCC(C)C(C)(C)CCC(C)C. The zero-order valence-corrected chi connectivity index (χ0v) is 22.6. The van der Waals surface area contributed by atoms with Gasteiger partial charge in [0.2, 0.25) is 0 Å². The minimum atomic E-state index is 0.502. The van der Waals surface area contributed by atoms with E-state index in [1.807, 2.05) is 0 Å². The van der Waals surface area contributed by atoms with Crippen molar-refractivity contribution in [3.8, 4) is 0 Å². The third kappa shape index (κ3) is 13.1. The summed E-state index contributed by atoms with van der Waals surface area (Å²) in [7, 11) is 0. The van der Waals surface area contributed by atoms with Gasteiger partial charge >= 0.3 is 0 Å². The number of rotatable bonds is 17. The van der Waals surface area contributed by atoms with Gasteiger partial charge in [-0.1, -0.05) is 128 Å². The van der Waals surface area contributed by atoms with Crippen LogP contribution in [-0.2, 0) is 0 Å². The van der Waals surface area contributed by atoms with Crippen LogP contribution in [0.5, 0.6) is 0 Å². The van der Waals surface area contributed by atoms with Crippen molar-refractivity contribution >= 4 is 0 Å². The summed E-state index contributed by atoms with van der Waals surface area (Å²) in [6, 6.07) is 0. The lowest BCUT2D eigenvalue weighted by atomic mass is 9.72. The molecule has 0 saturated heterocycles. The molecule has 0 nitrogen and oxygen atoms in total. The molecule has 0 heterocycles. The van der Waals surface area contributed by atoms with Gasteiger partial charge in [0, 0.05) is 0 Å². The lowest BCUT2D eigenvalue weighted by molar-refractivity contribution is 0.177. The molecule has 6 atom stereocenters. The summed E-state index contributed by atoms with van der Waals surface area (Å²) in [5.41, 5.74) is 0.502. The highest BCUT2D eigenvalue weighted by molar-refractivity contribution is 4.76. The van der Waals surface area contributed by atoms with E-state index in [0.717, 1.165) is 41.4 Å². The molecule has 0 aromatic carbocycles. The summed E-state index contributed by atoms with van der Waals surface area (Å²) in [5.74, 6) is 6.11. The molecule has 176 valence electrons. The monoisotopic (exact) mass is 408 g/mol. The van der Waals surface area contributed by atoms with Gasteiger partial charge < -0.3 is 0 Å². The van der Waals surface area contributed by atoms with Gasteiger partial charge in [-0.05, 0) is 59.7 Å². The lowest BCUT2D eigenvalue weighted by Crippen LogP contribution is -2.22. The van der Waals surface area contributed by atoms with E-state index in [1.165, 1.54) is 64.2 Å². The second-order valence-electron chi connectivity index (χ2n) is 12.3. The third-order valence-corrected chi connectivity index (χ3v) is 8.74. The van der Waals surface area contributed by atoms with Crippen molar-refractivity contribution in [3.63, 3.8) is 0 Å². The highest BCUT2D eigenvalue weighted by atomic mass is 14.3. The van der Waals surface area contributed by atoms with E-state index in [1.54, 1.807) is 0 Å². The first-order chi connectivity index (χ1) is 13.4. The summed E-state index contributed by atoms with van der Waals surface area (Å²) >= 11 is 0. The Morgan fingerprint density at radius 3 is 1.59 bits per heavy atom. The molecule has 0 bridgehead atoms. The Bertz CT molecular complexity index is 379. The zero-order valence-electron chi connectivity index (χ0n) is 22.6. The van der Waals surface area contributed by atoms with E-state index in [4.69, 9.17) is 0 Å². The van der Waals surface area contributed by atoms with E-state index in [9.17, 15) is 0 Å². The topological polar surface area (TPSA) is 0 Å². The van der Waals surface area contributed by atoms with Crippen molar-refractivity contribution < 1.29 is 0 Å². The van der Waals surface area contributed by atoms with Gasteiger partial charge in [0.25, 0.3) is 0 Å². The maximum atomic E-state index is 2.50. The molecule has 0 aliphatic rings. The molecule has 0 radical (unpaired) electrons. The van der Waals surface area contributed by atoms with Crippen LogP contribution in [0.25, 0.3) is 0 Å². The van der Waals surface area contributed by atoms with Crippen LogP contribution in [0.2, 0.25) is 0 Å². The van der Waals surface area contributed by atoms with Crippen molar-refractivity contribution in [2.45, 2.75) is 140 Å². The van der Waals surface area contributed by atoms with Gasteiger partial charge in [-0.2, -0.15) is 0 Å². The molecule has 0 saturated carbocycles. The summed E-state index contributed by atoms with van der Waals surface area (Å²) in [4.78, 5) is 0. The summed E-state index contributed by atoms with van der Waals surface area (Å²) in [6.07, 6.45) is 14.1. The fourth-order valence-corrected chi connectivity index (χ4v) is 4.68. The minimum Gasteiger partial charge on any atom is -0.0651 e. The first-order valence-corrected chi connectivity index (χ1v) is 13.4. The summed E-state index contributed by atoms with van der Waals surface area (Å²) in [6.45, 7) is 26.9. The normalized spacial score (nSPS) is 19.0. The van der Waals surface area contributed by atoms with E-state index in [0.29, 0.717) is 5.41 Å². The molecule has 0 heteroatoms. The second kappa shape index (κ2) is 14.9. The molecule has 0 spiro atoms. The molecule has 0 N–H and O–H groups in total. The Balaban J connectivity index is 4.01. The molecule has 0 fully saturated rings. The Morgan fingerprint density at radius 1 is 0.586 bits per heavy atom. The van der Waals surface area contributed by atoms with Crippen LogP contribution < -0.4 is 0 Å². The first-order valence-electron chi connectivity index (χ1n) is 13.4. The lowest BCUT2D eigenvalue weighted by Gasteiger charge is -2.33. The van der Waals surface area contributed by atoms with Gasteiger partial charge in [-0.25, -0.2) is 0 Å². The predicted octanol–water partition coefficient (Wildman–Crippen LogP) is 10.4. The van der Waals surface area contributed by atoms with Crippen molar-refractivity contribution in [2.75, 3.05) is 0 Å². The molecule has 0 rings (SSSR count). The van der Waals surface area contributed by atoms with Gasteiger partial charge in [0.1, 0.15) is 0 Å². The van der Waals surface area contributed by atoms with E-state index < -0.39 is 0 Å². The molecule has 0 amide bonds. The van der Waals surface area contributed by atoms with Crippen LogP contribution in [0.15, 0.2) is 0 Å². The quantitative estimate of drug-likeness (QED) is 0.224. The maximum Gasteiger partial charge on any atom is -0.0328 e. The van der Waals surface area contributed by atoms with Gasteiger partial charge in [0.15, 0.2) is 0 Å². The Kier molecular flexibility index (Phi) is 14.9. The fourth-order valence-electron chi connectivity index (χ4n) is 4.68. The largest absolute Gasteiger partial charge is 0.0651 e. The Labute approximate surface area is 187 Å². The van der Waals surface area contributed by atoms with Gasteiger partial charge in [-0.3, -0.25) is 0 Å². The Morgan fingerprint density at radius 2 is 1.10 bits per heavy atom. The maximum absolute atomic E-state index is 2.50. The molecule has 6 unspecified atom stereocenters. The molecule has 0 aromatic rings. The summed E-state index contributed by atoms with van der Waals surface area (Å²) < 4.78 is 0. The molecular weight excluding hydrogens is 348 g/mol. The molecule has 0 aliphatic carbocycles. The second-order valence-corrected chi connectivity index (χ2v) is 12.3. The van der Waals surface area contributed by atoms with Crippen molar-refractivity contribution in [2.24, 2.45) is 46.8 Å². The van der Waals surface area contributed by atoms with Crippen LogP contribution in [0.1, 0.15) is 140 Å². The molecule has 29 heavy (non-hydrogen) atoms. The molecule has 0 aromatic heterocycles. The van der Waals surface area contributed by atoms with Crippen molar-refractivity contribution in [3.05, 3.63) is 0 Å². The van der Waals surface area contributed by atoms with Crippen LogP contribution >= 0.6 is 0 Å². The van der Waals surface area contributed by atoms with Crippen molar-refractivity contribution in [1.29, 1.82) is 0 Å². The standard InChI is InChI=1S/C29H60/c1-12-25(6)28(9)26(7)18-16-23(4)14-13-15-24(5)17-19-27(8)29(10,11)21-20-22(2)3/h22-28H,12-21H2,1-11H3. The zero-order chi connectivity index (χ0) is 22.6. The number of hydrogen-bond donors (Lipinski definition) is 0. The van der Waals surface area contributed by atoms with Crippen LogP contribution in [-0.4, -0.2) is 0 Å². The predicted molar refractivity (Wildman–Crippen MR) is 135 cm³/mol. The molecular formula is C29H60. The average molecular weight is 409 g/mol. The number of hydrogen-bond acceptors (Lipinski definition) is 0. The minimum absolute atomic E-state index is 0.502. The highest BCUT2D eigenvalue weighted by Crippen LogP contribution is 2.37. The van der Waals surface area contributed by atoms with Crippen LogP contribution in [0.4, 0.5) is 0 Å². The average Bonchev–Trinajstić information content (AvgIpc) is 2.67.